The van der Waals surface area contributed by atoms with Gasteiger partial charge in [-0.3, -0.25) is 14.6 Å². The van der Waals surface area contributed by atoms with Gasteiger partial charge in [-0.2, -0.15) is 32.7 Å². The van der Waals surface area contributed by atoms with Gasteiger partial charge >= 0.3 is 30.2 Å². The number of halogens is 3. The number of piperazine rings is 2. The van der Waals surface area contributed by atoms with Crippen molar-refractivity contribution < 1.29 is 56.5 Å². The van der Waals surface area contributed by atoms with Gasteiger partial charge in [0.25, 0.3) is 0 Å². The van der Waals surface area contributed by atoms with Crippen LogP contribution >= 0.6 is 0 Å². The first-order chi connectivity index (χ1) is 33.4. The number of aromatic nitrogens is 4. The van der Waals surface area contributed by atoms with Gasteiger partial charge < -0.3 is 29.1 Å². The molecule has 368 valence electrons. The molecule has 8 rings (SSSR count). The summed E-state index contributed by atoms with van der Waals surface area (Å²) in [5.74, 6) is 1.51. The number of para-hydroxylation sites is 2. The zero-order chi connectivity index (χ0) is 50.3. The number of carboxylic acid groups (broad SMARTS) is 1. The van der Waals surface area contributed by atoms with E-state index < -0.39 is 30.0 Å². The molecule has 70 heavy (non-hydrogen) atoms. The number of amides is 2. The van der Waals surface area contributed by atoms with Gasteiger partial charge in [-0.05, 0) is 92.6 Å². The fourth-order valence-corrected chi connectivity index (χ4v) is 7.08. The Kier molecular flexibility index (Phi) is 17.6. The lowest BCUT2D eigenvalue weighted by molar-refractivity contribution is -0.156. The summed E-state index contributed by atoms with van der Waals surface area (Å²) in [5.41, 5.74) is 1.66. The zero-order valence-electron chi connectivity index (χ0n) is 38.8. The zero-order valence-corrected chi connectivity index (χ0v) is 38.8. The van der Waals surface area contributed by atoms with E-state index in [4.69, 9.17) is 24.1 Å². The molecule has 2 saturated heterocycles. The maximum atomic E-state index is 12.8. The van der Waals surface area contributed by atoms with Crippen LogP contribution in [-0.4, -0.2) is 139 Å². The van der Waals surface area contributed by atoms with Crippen molar-refractivity contribution in [3.05, 3.63) is 156 Å². The van der Waals surface area contributed by atoms with E-state index in [1.807, 2.05) is 97.1 Å². The van der Waals surface area contributed by atoms with E-state index in [1.54, 1.807) is 30.6 Å². The third kappa shape index (κ3) is 16.2. The molecule has 2 aromatic heterocycles. The predicted octanol–water partition coefficient (Wildman–Crippen LogP) is 8.32. The quantitative estimate of drug-likeness (QED) is 0.102. The number of carbonyl (C=O) groups is 5. The Bertz CT molecular complexity index is 2670. The summed E-state index contributed by atoms with van der Waals surface area (Å²) in [6.07, 6.45) is -2.81. The lowest BCUT2D eigenvalue weighted by Crippen LogP contribution is -2.49. The molecule has 2 aliphatic heterocycles. The molecule has 1 N–H and O–H groups in total. The second kappa shape index (κ2) is 23.9. The van der Waals surface area contributed by atoms with Crippen LogP contribution < -0.4 is 9.47 Å². The van der Waals surface area contributed by atoms with Crippen molar-refractivity contribution >= 4 is 30.3 Å². The highest BCUT2D eigenvalue weighted by Gasteiger charge is 2.27. The molecule has 4 heterocycles. The van der Waals surface area contributed by atoms with E-state index in [2.05, 4.69) is 32.1 Å². The molecule has 0 radical (unpaired) electrons. The molecule has 0 spiro atoms. The number of aldehydes is 1. The normalized spacial score (nSPS) is 14.3. The Balaban J connectivity index is 0.000000207. The molecule has 4 aromatic carbocycles. The van der Waals surface area contributed by atoms with Crippen LogP contribution in [0, 0.1) is 0 Å². The molecule has 2 amide bonds. The van der Waals surface area contributed by atoms with E-state index in [9.17, 15) is 32.3 Å². The van der Waals surface area contributed by atoms with Gasteiger partial charge in [0, 0.05) is 77.8 Å². The van der Waals surface area contributed by atoms with E-state index in [0.717, 1.165) is 78.1 Å². The summed E-state index contributed by atoms with van der Waals surface area (Å²) in [6, 6.07) is 37.7. The largest absolute Gasteiger partial charge is 0.476 e. The lowest BCUT2D eigenvalue weighted by atomic mass is 10.2. The standard InChI is InChI=1S/C26H30N4O4.C22H22N4O4.C2HF3O/c1-26(2,3)34-24(31)23-12-13-30(27-23)25(32)29-16-14-28(15-17-29)19-20-8-7-11-22(18-20)33-21-9-5-4-6-10-21;27-21(28)20-9-10-26(23-20)22(29)25-13-11-24(12-14-25)16-17-5-4-8-19(15-17)30-18-6-2-1-3-7-18;3-2(4,5)1-6/h4-13,18H,14-17,19H2,1-3H3;1-10,15H,11-14,16H2,(H,27,28);1H. The minimum atomic E-state index is -4.64. The summed E-state index contributed by atoms with van der Waals surface area (Å²) in [6.45, 7) is 12.1. The maximum Gasteiger partial charge on any atom is 0.446 e. The van der Waals surface area contributed by atoms with Crippen LogP contribution in [0.5, 0.6) is 23.0 Å². The minimum Gasteiger partial charge on any atom is -0.476 e. The van der Waals surface area contributed by atoms with Gasteiger partial charge in [0.2, 0.25) is 6.29 Å². The number of rotatable bonds is 10. The van der Waals surface area contributed by atoms with Gasteiger partial charge in [-0.1, -0.05) is 60.7 Å². The van der Waals surface area contributed by atoms with Crippen LogP contribution in [0.2, 0.25) is 0 Å². The number of carbonyl (C=O) groups excluding carboxylic acids is 4. The molecule has 20 heteroatoms. The number of benzene rings is 4. The first kappa shape index (κ1) is 51.5. The Labute approximate surface area is 402 Å². The molecule has 17 nitrogen and oxygen atoms in total. The maximum absolute atomic E-state index is 12.8. The Morgan fingerprint density at radius 3 is 1.33 bits per heavy atom. The summed E-state index contributed by atoms with van der Waals surface area (Å²) in [7, 11) is 0. The number of alkyl halides is 3. The first-order valence-electron chi connectivity index (χ1n) is 22.2. The summed E-state index contributed by atoms with van der Waals surface area (Å²) in [4.78, 5) is 65.2. The van der Waals surface area contributed by atoms with Gasteiger partial charge in [0.15, 0.2) is 11.4 Å². The van der Waals surface area contributed by atoms with Crippen molar-refractivity contribution in [1.29, 1.82) is 0 Å². The first-order valence-corrected chi connectivity index (χ1v) is 22.2. The molecule has 0 unspecified atom stereocenters. The monoisotopic (exact) mass is 966 g/mol. The number of nitrogens with zero attached hydrogens (tertiary/aromatic N) is 8. The molecule has 0 atom stereocenters. The lowest BCUT2D eigenvalue weighted by Gasteiger charge is -2.34. The van der Waals surface area contributed by atoms with E-state index in [0.29, 0.717) is 26.2 Å². The van der Waals surface area contributed by atoms with Gasteiger partial charge in [-0.25, -0.2) is 19.2 Å². The topological polar surface area (TPSA) is 182 Å². The van der Waals surface area contributed by atoms with Crippen molar-refractivity contribution in [3.63, 3.8) is 0 Å². The van der Waals surface area contributed by atoms with Gasteiger partial charge in [-0.15, -0.1) is 0 Å². The Morgan fingerprint density at radius 2 is 0.957 bits per heavy atom. The van der Waals surface area contributed by atoms with Crippen LogP contribution in [-0.2, 0) is 22.6 Å². The number of esters is 1. The molecule has 2 fully saturated rings. The van der Waals surface area contributed by atoms with Crippen molar-refractivity contribution in [2.45, 2.75) is 45.6 Å². The minimum absolute atomic E-state index is 0.125. The molecule has 0 aliphatic carbocycles. The average Bonchev–Trinajstić information content (AvgIpc) is 4.05. The molecule has 2 aliphatic rings. The number of carboxylic acids is 1. The van der Waals surface area contributed by atoms with Gasteiger partial charge in [0.1, 0.15) is 28.6 Å². The second-order valence-corrected chi connectivity index (χ2v) is 17.0. The highest BCUT2D eigenvalue weighted by atomic mass is 19.4. The molecular formula is C50H53F3N8O9. The van der Waals surface area contributed by atoms with E-state index in [1.165, 1.54) is 29.2 Å². The van der Waals surface area contributed by atoms with Crippen molar-refractivity contribution in [3.8, 4) is 23.0 Å². The summed E-state index contributed by atoms with van der Waals surface area (Å²) < 4.78 is 50.7. The summed E-state index contributed by atoms with van der Waals surface area (Å²) >= 11 is 0. The third-order valence-electron chi connectivity index (χ3n) is 10.4. The molecule has 0 bridgehead atoms. The molecular weight excluding hydrogens is 914 g/mol. The molecule has 6 aromatic rings. The second-order valence-electron chi connectivity index (χ2n) is 17.0. The highest BCUT2D eigenvalue weighted by molar-refractivity contribution is 5.88. The Morgan fingerprint density at radius 1 is 0.571 bits per heavy atom. The van der Waals surface area contributed by atoms with Crippen molar-refractivity contribution in [2.24, 2.45) is 0 Å². The fraction of sp³-hybridized carbons (Fsp3) is 0.300. The van der Waals surface area contributed by atoms with E-state index >= 15 is 0 Å². The van der Waals surface area contributed by atoms with Crippen molar-refractivity contribution in [2.75, 3.05) is 52.4 Å². The SMILES string of the molecule is CC(C)(C)OC(=O)c1ccn(C(=O)N2CCN(Cc3cccc(Oc4ccccc4)c3)CC2)n1.O=C(O)c1ccn(C(=O)N2CCN(Cc3cccc(Oc4ccccc4)c3)CC2)n1.O=CC(F)(F)F. The van der Waals surface area contributed by atoms with Crippen LogP contribution in [0.25, 0.3) is 0 Å². The van der Waals surface area contributed by atoms with Gasteiger partial charge in [0.05, 0.1) is 0 Å². The van der Waals surface area contributed by atoms with Crippen LogP contribution in [0.4, 0.5) is 22.8 Å². The molecule has 0 saturated carbocycles. The predicted molar refractivity (Wildman–Crippen MR) is 250 cm³/mol. The van der Waals surface area contributed by atoms with Crippen molar-refractivity contribution in [1.82, 2.24) is 39.2 Å². The number of hydrogen-bond acceptors (Lipinski definition) is 12. The number of hydrogen-bond donors (Lipinski definition) is 1. The van der Waals surface area contributed by atoms with Crippen LogP contribution in [0.15, 0.2) is 134 Å². The highest BCUT2D eigenvalue weighted by Crippen LogP contribution is 2.25. The van der Waals surface area contributed by atoms with Crippen LogP contribution in [0.3, 0.4) is 0 Å². The number of aromatic carboxylic acids is 1. The summed E-state index contributed by atoms with van der Waals surface area (Å²) in [5, 5.41) is 16.9. The van der Waals surface area contributed by atoms with E-state index in [-0.39, 0.29) is 23.5 Å². The number of ether oxygens (including phenoxy) is 3. The average molecular weight is 967 g/mol. The Hall–Kier alpha value is -7.84. The third-order valence-corrected chi connectivity index (χ3v) is 10.4. The fourth-order valence-electron chi connectivity index (χ4n) is 7.08. The van der Waals surface area contributed by atoms with Crippen LogP contribution in [0.1, 0.15) is 52.9 Å². The smallest absolute Gasteiger partial charge is 0.446 e.